The average Bonchev–Trinajstić information content (AvgIpc) is 2.60. The van der Waals surface area contributed by atoms with Crippen molar-refractivity contribution in [2.75, 3.05) is 11.1 Å². The summed E-state index contributed by atoms with van der Waals surface area (Å²) < 4.78 is 0.0908. The van der Waals surface area contributed by atoms with Gasteiger partial charge in [0.1, 0.15) is 5.69 Å². The van der Waals surface area contributed by atoms with Gasteiger partial charge in [0, 0.05) is 21.9 Å². The minimum atomic E-state index is -0.399. The Hall–Kier alpha value is -0.940. The van der Waals surface area contributed by atoms with Crippen LogP contribution in [0.5, 0.6) is 0 Å². The third-order valence-corrected chi connectivity index (χ3v) is 4.91. The normalized spacial score (nSPS) is 21.8. The van der Waals surface area contributed by atoms with Crippen molar-refractivity contribution < 1.29 is 4.92 Å². The molecular weight excluding hydrogens is 272 g/mol. The molecule has 98 valence electrons. The quantitative estimate of drug-likeness (QED) is 0.675. The number of hydrogen-bond donors (Lipinski definition) is 1. The molecule has 1 aromatic carbocycles. The van der Waals surface area contributed by atoms with Gasteiger partial charge in [0.25, 0.3) is 5.69 Å². The number of hydrogen-bond acceptors (Lipinski definition) is 4. The van der Waals surface area contributed by atoms with E-state index in [0.717, 1.165) is 12.2 Å². The lowest BCUT2D eigenvalue weighted by molar-refractivity contribution is -0.384. The van der Waals surface area contributed by atoms with Gasteiger partial charge in [0.05, 0.1) is 4.92 Å². The number of nitrogens with zero attached hydrogens (tertiary/aromatic N) is 1. The molecule has 4 nitrogen and oxygen atoms in total. The molecule has 0 aliphatic carbocycles. The maximum absolute atomic E-state index is 11.0. The fraction of sp³-hybridized carbons (Fsp3) is 0.500. The summed E-state index contributed by atoms with van der Waals surface area (Å²) in [5.41, 5.74) is 0.583. The van der Waals surface area contributed by atoms with Crippen molar-refractivity contribution in [2.45, 2.75) is 31.1 Å². The molecule has 1 aromatic rings. The van der Waals surface area contributed by atoms with Crippen molar-refractivity contribution in [3.05, 3.63) is 33.3 Å². The fourth-order valence-corrected chi connectivity index (χ4v) is 3.52. The first-order valence-electron chi connectivity index (χ1n) is 5.74. The van der Waals surface area contributed by atoms with E-state index >= 15 is 0 Å². The standard InChI is InChI=1S/C12H15ClN2O2S/c1-12(2)11(5-6-18-12)14-9-4-3-8(13)7-10(9)15(16)17/h3-4,7,11,14H,5-6H2,1-2H3/t11-/m1/s1. The highest BCUT2D eigenvalue weighted by atomic mass is 35.5. The van der Waals surface area contributed by atoms with Gasteiger partial charge in [-0.05, 0) is 38.2 Å². The maximum Gasteiger partial charge on any atom is 0.293 e. The van der Waals surface area contributed by atoms with Crippen molar-refractivity contribution in [1.82, 2.24) is 0 Å². The highest BCUT2D eigenvalue weighted by Gasteiger charge is 2.36. The van der Waals surface area contributed by atoms with Crippen LogP contribution in [0.4, 0.5) is 11.4 Å². The van der Waals surface area contributed by atoms with Crippen LogP contribution in [-0.4, -0.2) is 21.5 Å². The first-order chi connectivity index (χ1) is 8.40. The predicted molar refractivity (Wildman–Crippen MR) is 76.7 cm³/mol. The Morgan fingerprint density at radius 1 is 1.56 bits per heavy atom. The number of halogens is 1. The molecule has 0 unspecified atom stereocenters. The van der Waals surface area contributed by atoms with Gasteiger partial charge in [0.2, 0.25) is 0 Å². The predicted octanol–water partition coefficient (Wildman–Crippen LogP) is 3.94. The van der Waals surface area contributed by atoms with Gasteiger partial charge < -0.3 is 5.32 Å². The number of nitro benzene ring substituents is 1. The third-order valence-electron chi connectivity index (χ3n) is 3.21. The largest absolute Gasteiger partial charge is 0.375 e. The van der Waals surface area contributed by atoms with Crippen LogP contribution in [0.15, 0.2) is 18.2 Å². The van der Waals surface area contributed by atoms with Gasteiger partial charge in [0.15, 0.2) is 0 Å². The highest BCUT2D eigenvalue weighted by molar-refractivity contribution is 8.00. The molecule has 0 spiro atoms. The summed E-state index contributed by atoms with van der Waals surface area (Å²) in [6, 6.07) is 4.98. The van der Waals surface area contributed by atoms with E-state index in [1.807, 2.05) is 11.8 Å². The molecular formula is C12H15ClN2O2S. The van der Waals surface area contributed by atoms with Crippen LogP contribution >= 0.6 is 23.4 Å². The van der Waals surface area contributed by atoms with E-state index in [0.29, 0.717) is 10.7 Å². The third kappa shape index (κ3) is 2.72. The second-order valence-electron chi connectivity index (χ2n) is 4.86. The Morgan fingerprint density at radius 2 is 2.28 bits per heavy atom. The zero-order valence-corrected chi connectivity index (χ0v) is 11.8. The van der Waals surface area contributed by atoms with E-state index < -0.39 is 4.92 Å². The number of anilines is 1. The molecule has 2 rings (SSSR count). The summed E-state index contributed by atoms with van der Waals surface area (Å²) in [6.45, 7) is 4.31. The number of thioether (sulfide) groups is 1. The molecule has 0 amide bonds. The molecule has 18 heavy (non-hydrogen) atoms. The van der Waals surface area contributed by atoms with Crippen LogP contribution in [-0.2, 0) is 0 Å². The van der Waals surface area contributed by atoms with Crippen molar-refractivity contribution in [3.8, 4) is 0 Å². The van der Waals surface area contributed by atoms with E-state index in [1.165, 1.54) is 6.07 Å². The smallest absolute Gasteiger partial charge is 0.293 e. The number of rotatable bonds is 3. The minimum Gasteiger partial charge on any atom is -0.375 e. The topological polar surface area (TPSA) is 55.2 Å². The zero-order valence-electron chi connectivity index (χ0n) is 10.3. The molecule has 0 bridgehead atoms. The minimum absolute atomic E-state index is 0.0372. The summed E-state index contributed by atoms with van der Waals surface area (Å²) in [4.78, 5) is 10.6. The van der Waals surface area contributed by atoms with E-state index in [1.54, 1.807) is 12.1 Å². The van der Waals surface area contributed by atoms with Crippen LogP contribution < -0.4 is 5.32 Å². The van der Waals surface area contributed by atoms with Crippen molar-refractivity contribution in [1.29, 1.82) is 0 Å². The SMILES string of the molecule is CC1(C)SCC[C@H]1Nc1ccc(Cl)cc1[N+](=O)[O-]. The van der Waals surface area contributed by atoms with E-state index in [9.17, 15) is 10.1 Å². The first-order valence-corrected chi connectivity index (χ1v) is 7.11. The van der Waals surface area contributed by atoms with Crippen LogP contribution in [0.3, 0.4) is 0 Å². The molecule has 1 atom stereocenters. The van der Waals surface area contributed by atoms with Crippen LogP contribution in [0.25, 0.3) is 0 Å². The van der Waals surface area contributed by atoms with Crippen LogP contribution in [0, 0.1) is 10.1 Å². The fourth-order valence-electron chi connectivity index (χ4n) is 2.10. The summed E-state index contributed by atoms with van der Waals surface area (Å²) in [7, 11) is 0. The molecule has 1 aliphatic rings. The second-order valence-corrected chi connectivity index (χ2v) is 7.04. The maximum atomic E-state index is 11.0. The Balaban J connectivity index is 2.26. The van der Waals surface area contributed by atoms with Crippen LogP contribution in [0.2, 0.25) is 5.02 Å². The van der Waals surface area contributed by atoms with Gasteiger partial charge >= 0.3 is 0 Å². The molecule has 0 aromatic heterocycles. The first kappa shape index (κ1) is 13.5. The van der Waals surface area contributed by atoms with Crippen molar-refractivity contribution >= 4 is 34.7 Å². The van der Waals surface area contributed by atoms with Gasteiger partial charge in [-0.3, -0.25) is 10.1 Å². The molecule has 0 saturated carbocycles. The Morgan fingerprint density at radius 3 is 2.83 bits per heavy atom. The lowest BCUT2D eigenvalue weighted by Crippen LogP contribution is -2.34. The lowest BCUT2D eigenvalue weighted by atomic mass is 10.0. The lowest BCUT2D eigenvalue weighted by Gasteiger charge is -2.27. The Kier molecular flexibility index (Phi) is 3.73. The molecule has 1 fully saturated rings. The summed E-state index contributed by atoms with van der Waals surface area (Å²) in [6.07, 6.45) is 1.01. The molecule has 1 saturated heterocycles. The molecule has 1 heterocycles. The monoisotopic (exact) mass is 286 g/mol. The van der Waals surface area contributed by atoms with Crippen LogP contribution in [0.1, 0.15) is 20.3 Å². The van der Waals surface area contributed by atoms with E-state index in [4.69, 9.17) is 11.6 Å². The van der Waals surface area contributed by atoms with Gasteiger partial charge in [-0.25, -0.2) is 0 Å². The Bertz CT molecular complexity index is 479. The summed E-state index contributed by atoms with van der Waals surface area (Å²) in [5, 5.41) is 14.7. The molecule has 6 heteroatoms. The molecule has 1 aliphatic heterocycles. The average molecular weight is 287 g/mol. The van der Waals surface area contributed by atoms with Gasteiger partial charge in [-0.15, -0.1) is 0 Å². The zero-order chi connectivity index (χ0) is 13.3. The highest BCUT2D eigenvalue weighted by Crippen LogP contribution is 2.40. The molecule has 1 N–H and O–H groups in total. The summed E-state index contributed by atoms with van der Waals surface area (Å²) in [5.74, 6) is 1.08. The second kappa shape index (κ2) is 4.97. The number of nitro groups is 1. The van der Waals surface area contributed by atoms with E-state index in [-0.39, 0.29) is 16.5 Å². The van der Waals surface area contributed by atoms with E-state index in [2.05, 4.69) is 19.2 Å². The van der Waals surface area contributed by atoms with Gasteiger partial charge in [-0.1, -0.05) is 11.6 Å². The Labute approximate surface area is 115 Å². The van der Waals surface area contributed by atoms with Crippen molar-refractivity contribution in [3.63, 3.8) is 0 Å². The summed E-state index contributed by atoms with van der Waals surface area (Å²) >= 11 is 7.68. The molecule has 0 radical (unpaired) electrons. The van der Waals surface area contributed by atoms with Gasteiger partial charge in [-0.2, -0.15) is 11.8 Å². The number of nitrogens with one attached hydrogen (secondary N) is 1. The number of benzene rings is 1. The van der Waals surface area contributed by atoms with Crippen molar-refractivity contribution in [2.24, 2.45) is 0 Å².